The number of rotatable bonds is 3. The summed E-state index contributed by atoms with van der Waals surface area (Å²) in [5.74, 6) is -0.0264. The van der Waals surface area contributed by atoms with Gasteiger partial charge in [0.25, 0.3) is 0 Å². The summed E-state index contributed by atoms with van der Waals surface area (Å²) < 4.78 is 38.5. The molecule has 2 aromatic rings. The van der Waals surface area contributed by atoms with E-state index in [4.69, 9.17) is 5.26 Å². The molecule has 1 aromatic heterocycles. The van der Waals surface area contributed by atoms with Crippen molar-refractivity contribution in [1.82, 2.24) is 9.97 Å². The minimum atomic E-state index is -4.42. The van der Waals surface area contributed by atoms with Crippen molar-refractivity contribution in [3.05, 3.63) is 46.9 Å². The maximum Gasteiger partial charge on any atom is 0.416 e. The number of benzene rings is 1. The van der Waals surface area contributed by atoms with Crippen molar-refractivity contribution in [3.63, 3.8) is 0 Å². The molecule has 0 amide bonds. The number of aryl methyl sites for hydroxylation is 1. The summed E-state index contributed by atoms with van der Waals surface area (Å²) in [4.78, 5) is 8.23. The zero-order chi connectivity index (χ0) is 16.3. The molecular weight excluding hydrogens is 291 g/mol. The monoisotopic (exact) mass is 305 g/mol. The highest BCUT2D eigenvalue weighted by Crippen LogP contribution is 2.32. The highest BCUT2D eigenvalue weighted by atomic mass is 19.4. The van der Waals surface area contributed by atoms with Crippen LogP contribution in [-0.4, -0.2) is 9.97 Å². The summed E-state index contributed by atoms with van der Waals surface area (Å²) in [7, 11) is 0. The smallest absolute Gasteiger partial charge is 0.224 e. The standard InChI is InChI=1S/C16H14F3N3/c1-3-5-13-10(2)15(22-14(9-20)21-13)11-6-4-7-12(8-11)16(17,18)19/h4,6-8H,3,5H2,1-2H3. The highest BCUT2D eigenvalue weighted by molar-refractivity contribution is 5.65. The number of nitrogens with zero attached hydrogens (tertiary/aromatic N) is 3. The molecule has 0 unspecified atom stereocenters. The molecule has 0 aliphatic heterocycles. The maximum absolute atomic E-state index is 12.8. The van der Waals surface area contributed by atoms with Gasteiger partial charge in [-0.3, -0.25) is 0 Å². The Morgan fingerprint density at radius 2 is 1.95 bits per heavy atom. The van der Waals surface area contributed by atoms with Crippen molar-refractivity contribution in [1.29, 1.82) is 5.26 Å². The predicted molar refractivity (Wildman–Crippen MR) is 75.9 cm³/mol. The molecule has 0 fully saturated rings. The molecule has 114 valence electrons. The molecule has 0 atom stereocenters. The third kappa shape index (κ3) is 3.25. The fraction of sp³-hybridized carbons (Fsp3) is 0.312. The van der Waals surface area contributed by atoms with Crippen LogP contribution in [-0.2, 0) is 12.6 Å². The lowest BCUT2D eigenvalue weighted by molar-refractivity contribution is -0.137. The molecule has 0 aliphatic carbocycles. The number of hydrogen-bond donors (Lipinski definition) is 0. The second-order valence-corrected chi connectivity index (χ2v) is 4.91. The van der Waals surface area contributed by atoms with Gasteiger partial charge in [0.15, 0.2) is 0 Å². The van der Waals surface area contributed by atoms with Gasteiger partial charge in [0.2, 0.25) is 5.82 Å². The number of alkyl halides is 3. The fourth-order valence-corrected chi connectivity index (χ4v) is 2.22. The van der Waals surface area contributed by atoms with Crippen LogP contribution in [0.1, 0.15) is 36.0 Å². The lowest BCUT2D eigenvalue weighted by Crippen LogP contribution is -2.06. The molecule has 1 aromatic carbocycles. The van der Waals surface area contributed by atoms with E-state index in [9.17, 15) is 13.2 Å². The van der Waals surface area contributed by atoms with E-state index in [1.807, 2.05) is 13.0 Å². The second kappa shape index (κ2) is 6.14. The lowest BCUT2D eigenvalue weighted by Gasteiger charge is -2.12. The average molecular weight is 305 g/mol. The van der Waals surface area contributed by atoms with Gasteiger partial charge >= 0.3 is 6.18 Å². The van der Waals surface area contributed by atoms with E-state index >= 15 is 0 Å². The Bertz CT molecular complexity index is 730. The van der Waals surface area contributed by atoms with Crippen LogP contribution in [0.3, 0.4) is 0 Å². The Morgan fingerprint density at radius 3 is 2.55 bits per heavy atom. The normalized spacial score (nSPS) is 11.3. The number of nitriles is 1. The summed E-state index contributed by atoms with van der Waals surface area (Å²) in [6, 6.07) is 6.82. The van der Waals surface area contributed by atoms with E-state index < -0.39 is 11.7 Å². The summed E-state index contributed by atoms with van der Waals surface area (Å²) >= 11 is 0. The Labute approximate surface area is 126 Å². The topological polar surface area (TPSA) is 49.6 Å². The first kappa shape index (κ1) is 16.0. The maximum atomic E-state index is 12.8. The van der Waals surface area contributed by atoms with Crippen LogP contribution in [0.25, 0.3) is 11.3 Å². The minimum absolute atomic E-state index is 0.0264. The first-order valence-electron chi connectivity index (χ1n) is 6.82. The van der Waals surface area contributed by atoms with Gasteiger partial charge in [-0.1, -0.05) is 25.5 Å². The van der Waals surface area contributed by atoms with E-state index in [2.05, 4.69) is 9.97 Å². The molecule has 0 bridgehead atoms. The van der Waals surface area contributed by atoms with Gasteiger partial charge in [0.1, 0.15) is 6.07 Å². The van der Waals surface area contributed by atoms with Gasteiger partial charge in [0, 0.05) is 11.3 Å². The molecule has 22 heavy (non-hydrogen) atoms. The van der Waals surface area contributed by atoms with Crippen LogP contribution in [0.15, 0.2) is 24.3 Å². The van der Waals surface area contributed by atoms with E-state index in [0.29, 0.717) is 28.9 Å². The molecule has 0 radical (unpaired) electrons. The highest BCUT2D eigenvalue weighted by Gasteiger charge is 2.30. The molecule has 3 nitrogen and oxygen atoms in total. The molecule has 6 heteroatoms. The van der Waals surface area contributed by atoms with Crippen molar-refractivity contribution >= 4 is 0 Å². The van der Waals surface area contributed by atoms with E-state index in [-0.39, 0.29) is 5.82 Å². The second-order valence-electron chi connectivity index (χ2n) is 4.91. The van der Waals surface area contributed by atoms with Crippen LogP contribution in [0, 0.1) is 18.3 Å². The molecule has 2 rings (SSSR count). The molecule has 1 heterocycles. The van der Waals surface area contributed by atoms with Gasteiger partial charge < -0.3 is 0 Å². The third-order valence-corrected chi connectivity index (χ3v) is 3.30. The Morgan fingerprint density at radius 1 is 1.23 bits per heavy atom. The van der Waals surface area contributed by atoms with Crippen LogP contribution in [0.4, 0.5) is 13.2 Å². The quantitative estimate of drug-likeness (QED) is 0.849. The summed E-state index contributed by atoms with van der Waals surface area (Å²) in [6.07, 6.45) is -2.94. The first-order valence-corrected chi connectivity index (χ1v) is 6.82. The zero-order valence-corrected chi connectivity index (χ0v) is 12.2. The van der Waals surface area contributed by atoms with E-state index in [1.54, 1.807) is 13.0 Å². The zero-order valence-electron chi connectivity index (χ0n) is 12.2. The van der Waals surface area contributed by atoms with E-state index in [1.165, 1.54) is 6.07 Å². The van der Waals surface area contributed by atoms with Crippen LogP contribution < -0.4 is 0 Å². The molecule has 0 saturated carbocycles. The van der Waals surface area contributed by atoms with E-state index in [0.717, 1.165) is 18.6 Å². The molecular formula is C16H14F3N3. The average Bonchev–Trinajstić information content (AvgIpc) is 2.49. The SMILES string of the molecule is CCCc1nc(C#N)nc(-c2cccc(C(F)(F)F)c2)c1C. The largest absolute Gasteiger partial charge is 0.416 e. The predicted octanol–water partition coefficient (Wildman–Crippen LogP) is 4.30. The summed E-state index contributed by atoms with van der Waals surface area (Å²) in [5.41, 5.74) is 1.38. The Kier molecular flexibility index (Phi) is 4.45. The van der Waals surface area contributed by atoms with Crippen molar-refractivity contribution in [2.45, 2.75) is 32.9 Å². The van der Waals surface area contributed by atoms with Gasteiger partial charge in [-0.15, -0.1) is 0 Å². The number of hydrogen-bond acceptors (Lipinski definition) is 3. The van der Waals surface area contributed by atoms with Crippen molar-refractivity contribution in [2.75, 3.05) is 0 Å². The third-order valence-electron chi connectivity index (χ3n) is 3.30. The lowest BCUT2D eigenvalue weighted by atomic mass is 10.0. The first-order chi connectivity index (χ1) is 10.4. The molecule has 0 saturated heterocycles. The Balaban J connectivity index is 2.62. The van der Waals surface area contributed by atoms with Crippen molar-refractivity contribution < 1.29 is 13.2 Å². The molecule has 0 aliphatic rings. The van der Waals surface area contributed by atoms with Crippen LogP contribution in [0.5, 0.6) is 0 Å². The molecule has 0 spiro atoms. The summed E-state index contributed by atoms with van der Waals surface area (Å²) in [5, 5.41) is 9.02. The summed E-state index contributed by atoms with van der Waals surface area (Å²) in [6.45, 7) is 3.74. The molecule has 0 N–H and O–H groups in total. The van der Waals surface area contributed by atoms with Crippen molar-refractivity contribution in [3.8, 4) is 17.3 Å². The van der Waals surface area contributed by atoms with Gasteiger partial charge in [-0.2, -0.15) is 18.4 Å². The number of aromatic nitrogens is 2. The number of halogens is 3. The van der Waals surface area contributed by atoms with Gasteiger partial charge in [-0.25, -0.2) is 9.97 Å². The minimum Gasteiger partial charge on any atom is -0.224 e. The van der Waals surface area contributed by atoms with Gasteiger partial charge in [0.05, 0.1) is 11.3 Å². The van der Waals surface area contributed by atoms with Crippen LogP contribution in [0.2, 0.25) is 0 Å². The van der Waals surface area contributed by atoms with Crippen LogP contribution >= 0.6 is 0 Å². The van der Waals surface area contributed by atoms with Crippen molar-refractivity contribution in [2.24, 2.45) is 0 Å². The Hall–Kier alpha value is -2.42. The fourth-order valence-electron chi connectivity index (χ4n) is 2.22. The van der Waals surface area contributed by atoms with Gasteiger partial charge in [-0.05, 0) is 31.0 Å².